The summed E-state index contributed by atoms with van der Waals surface area (Å²) in [6.45, 7) is 2.15. The molecule has 0 radical (unpaired) electrons. The Hall–Kier alpha value is -0.470. The molecule has 0 bridgehead atoms. The van der Waals surface area contributed by atoms with Gasteiger partial charge in [0.2, 0.25) is 0 Å². The lowest BCUT2D eigenvalue weighted by atomic mass is 10.1. The Morgan fingerprint density at radius 3 is 2.62 bits per heavy atom. The second-order valence-electron chi connectivity index (χ2n) is 4.85. The fraction of sp³-hybridized carbons (Fsp3) is 0.571. The number of rotatable bonds is 4. The van der Waals surface area contributed by atoms with E-state index < -0.39 is 0 Å². The zero-order chi connectivity index (χ0) is 11.4. The highest BCUT2D eigenvalue weighted by atomic mass is 32.2. The van der Waals surface area contributed by atoms with Crippen LogP contribution in [0.2, 0.25) is 0 Å². The number of aryl methyl sites for hydroxylation is 1. The molecule has 0 aliphatic heterocycles. The highest BCUT2D eigenvalue weighted by molar-refractivity contribution is 7.98. The molecule has 1 N–H and O–H groups in total. The maximum Gasteiger partial charge on any atom is 0.0737 e. The van der Waals surface area contributed by atoms with Crippen LogP contribution in [0.1, 0.15) is 36.8 Å². The predicted octanol–water partition coefficient (Wildman–Crippen LogP) is 3.53. The van der Waals surface area contributed by atoms with Gasteiger partial charge in [-0.3, -0.25) is 0 Å². The molecular weight excluding hydrogens is 216 g/mol. The first-order valence-corrected chi connectivity index (χ1v) is 7.20. The quantitative estimate of drug-likeness (QED) is 0.863. The molecule has 0 aromatic heterocycles. The Kier molecular flexibility index (Phi) is 3.93. The van der Waals surface area contributed by atoms with Crippen LogP contribution in [0.15, 0.2) is 24.3 Å². The van der Waals surface area contributed by atoms with Crippen molar-refractivity contribution in [3.05, 3.63) is 35.4 Å². The summed E-state index contributed by atoms with van der Waals surface area (Å²) < 4.78 is 0. The maximum atomic E-state index is 10.2. The molecule has 1 saturated carbocycles. The molecule has 2 heteroatoms. The van der Waals surface area contributed by atoms with Gasteiger partial charge in [-0.25, -0.2) is 0 Å². The van der Waals surface area contributed by atoms with Crippen molar-refractivity contribution >= 4 is 11.8 Å². The first-order valence-electron chi connectivity index (χ1n) is 6.04. The Balaban J connectivity index is 1.82. The minimum Gasteiger partial charge on any atom is -0.389 e. The van der Waals surface area contributed by atoms with E-state index in [0.29, 0.717) is 0 Å². The number of hydrogen-bond acceptors (Lipinski definition) is 2. The van der Waals surface area contributed by atoms with E-state index in [1.165, 1.54) is 24.0 Å². The number of benzene rings is 1. The Bertz CT molecular complexity index is 342. The van der Waals surface area contributed by atoms with Crippen LogP contribution < -0.4 is 0 Å². The minimum absolute atomic E-state index is 0.368. The van der Waals surface area contributed by atoms with Crippen molar-refractivity contribution in [2.45, 2.75) is 44.0 Å². The average Bonchev–Trinajstić information content (AvgIpc) is 2.68. The van der Waals surface area contributed by atoms with Crippen molar-refractivity contribution in [3.63, 3.8) is 0 Å². The van der Waals surface area contributed by atoms with Crippen molar-refractivity contribution in [2.24, 2.45) is 0 Å². The van der Waals surface area contributed by atoms with Gasteiger partial charge in [-0.15, -0.1) is 0 Å². The van der Waals surface area contributed by atoms with Gasteiger partial charge in [0.25, 0.3) is 0 Å². The molecule has 1 aromatic rings. The molecule has 0 spiro atoms. The zero-order valence-corrected chi connectivity index (χ0v) is 10.7. The Morgan fingerprint density at radius 1 is 1.25 bits per heavy atom. The minimum atomic E-state index is -0.368. The molecule has 0 unspecified atom stereocenters. The van der Waals surface area contributed by atoms with E-state index in [-0.39, 0.29) is 5.60 Å². The highest BCUT2D eigenvalue weighted by Crippen LogP contribution is 2.33. The summed E-state index contributed by atoms with van der Waals surface area (Å²) in [6, 6.07) is 8.50. The predicted molar refractivity (Wildman–Crippen MR) is 70.8 cm³/mol. The lowest BCUT2D eigenvalue weighted by Crippen LogP contribution is -2.27. The molecule has 88 valence electrons. The van der Waals surface area contributed by atoms with Crippen LogP contribution in [-0.2, 0) is 5.75 Å². The van der Waals surface area contributed by atoms with E-state index in [9.17, 15) is 5.11 Å². The normalized spacial score (nSPS) is 18.9. The van der Waals surface area contributed by atoms with Crippen LogP contribution in [0.5, 0.6) is 0 Å². The number of aliphatic hydroxyl groups is 1. The molecule has 2 rings (SSSR count). The first-order chi connectivity index (χ1) is 7.70. The van der Waals surface area contributed by atoms with Crippen molar-refractivity contribution in [3.8, 4) is 0 Å². The van der Waals surface area contributed by atoms with E-state index in [1.807, 2.05) is 11.8 Å². The second kappa shape index (κ2) is 5.24. The van der Waals surface area contributed by atoms with Gasteiger partial charge in [-0.1, -0.05) is 37.1 Å². The molecule has 0 heterocycles. The first kappa shape index (κ1) is 12.0. The molecular formula is C14H20OS. The van der Waals surface area contributed by atoms with Gasteiger partial charge in [-0.05, 0) is 30.9 Å². The lowest BCUT2D eigenvalue weighted by Gasteiger charge is -2.21. The van der Waals surface area contributed by atoms with Crippen LogP contribution in [0.3, 0.4) is 0 Å². The van der Waals surface area contributed by atoms with Gasteiger partial charge in [0.1, 0.15) is 0 Å². The SMILES string of the molecule is Cc1ccccc1CSCC1(O)CCCC1. The molecule has 0 amide bonds. The van der Waals surface area contributed by atoms with Crippen molar-refractivity contribution in [1.29, 1.82) is 0 Å². The largest absolute Gasteiger partial charge is 0.389 e. The molecule has 0 atom stereocenters. The Morgan fingerprint density at radius 2 is 1.94 bits per heavy atom. The summed E-state index contributed by atoms with van der Waals surface area (Å²) in [5, 5.41) is 10.2. The average molecular weight is 236 g/mol. The van der Waals surface area contributed by atoms with Crippen LogP contribution in [0, 0.1) is 6.92 Å². The molecule has 1 fully saturated rings. The van der Waals surface area contributed by atoms with E-state index in [4.69, 9.17) is 0 Å². The number of hydrogen-bond donors (Lipinski definition) is 1. The monoisotopic (exact) mass is 236 g/mol. The van der Waals surface area contributed by atoms with Crippen LogP contribution in [0.4, 0.5) is 0 Å². The van der Waals surface area contributed by atoms with Crippen LogP contribution in [-0.4, -0.2) is 16.5 Å². The molecule has 1 nitrogen and oxygen atoms in total. The van der Waals surface area contributed by atoms with Crippen LogP contribution >= 0.6 is 11.8 Å². The maximum absolute atomic E-state index is 10.2. The van der Waals surface area contributed by atoms with Gasteiger partial charge < -0.3 is 5.11 Å². The lowest BCUT2D eigenvalue weighted by molar-refractivity contribution is 0.0732. The summed E-state index contributed by atoms with van der Waals surface area (Å²) in [7, 11) is 0. The summed E-state index contributed by atoms with van der Waals surface area (Å²) in [6.07, 6.45) is 4.38. The van der Waals surface area contributed by atoms with Crippen LogP contribution in [0.25, 0.3) is 0 Å². The molecule has 1 aliphatic carbocycles. The van der Waals surface area contributed by atoms with Gasteiger partial charge in [0.05, 0.1) is 5.60 Å². The third-order valence-electron chi connectivity index (χ3n) is 3.42. The fourth-order valence-electron chi connectivity index (χ4n) is 2.30. The number of thioether (sulfide) groups is 1. The molecule has 0 saturated heterocycles. The molecule has 1 aromatic carbocycles. The highest BCUT2D eigenvalue weighted by Gasteiger charge is 2.30. The molecule has 1 aliphatic rings. The summed E-state index contributed by atoms with van der Waals surface area (Å²) in [5.41, 5.74) is 2.38. The third-order valence-corrected chi connectivity index (χ3v) is 4.68. The smallest absolute Gasteiger partial charge is 0.0737 e. The second-order valence-corrected chi connectivity index (χ2v) is 5.84. The van der Waals surface area contributed by atoms with E-state index in [0.717, 1.165) is 24.3 Å². The van der Waals surface area contributed by atoms with Crippen molar-refractivity contribution < 1.29 is 5.11 Å². The van der Waals surface area contributed by atoms with Gasteiger partial charge >= 0.3 is 0 Å². The van der Waals surface area contributed by atoms with E-state index in [2.05, 4.69) is 31.2 Å². The van der Waals surface area contributed by atoms with Gasteiger partial charge in [-0.2, -0.15) is 11.8 Å². The van der Waals surface area contributed by atoms with Gasteiger partial charge in [0.15, 0.2) is 0 Å². The third kappa shape index (κ3) is 3.02. The summed E-state index contributed by atoms with van der Waals surface area (Å²) in [4.78, 5) is 0. The standard InChI is InChI=1S/C14H20OS/c1-12-6-2-3-7-13(12)10-16-11-14(15)8-4-5-9-14/h2-3,6-7,15H,4-5,8-11H2,1H3. The topological polar surface area (TPSA) is 20.2 Å². The zero-order valence-electron chi connectivity index (χ0n) is 9.91. The van der Waals surface area contributed by atoms with Crippen molar-refractivity contribution in [2.75, 3.05) is 5.75 Å². The fourth-order valence-corrected chi connectivity index (χ4v) is 3.61. The Labute approximate surface area is 102 Å². The molecule has 16 heavy (non-hydrogen) atoms. The van der Waals surface area contributed by atoms with E-state index >= 15 is 0 Å². The van der Waals surface area contributed by atoms with Gasteiger partial charge in [0, 0.05) is 11.5 Å². The van der Waals surface area contributed by atoms with E-state index in [1.54, 1.807) is 0 Å². The summed E-state index contributed by atoms with van der Waals surface area (Å²) >= 11 is 1.87. The van der Waals surface area contributed by atoms with Crippen molar-refractivity contribution in [1.82, 2.24) is 0 Å². The summed E-state index contributed by atoms with van der Waals surface area (Å²) in [5.74, 6) is 1.91.